The second kappa shape index (κ2) is 8.73. The molecule has 0 heterocycles. The zero-order valence-corrected chi connectivity index (χ0v) is 15.9. The van der Waals surface area contributed by atoms with E-state index in [0.717, 1.165) is 37.1 Å². The minimum absolute atomic E-state index is 0.0162. The third-order valence-corrected chi connectivity index (χ3v) is 5.76. The molecular weight excluding hydrogens is 336 g/mol. The Labute approximate surface area is 161 Å². The van der Waals surface area contributed by atoms with E-state index in [2.05, 4.69) is 23.5 Å². The maximum atomic E-state index is 12.6. The zero-order chi connectivity index (χ0) is 19.2. The number of amides is 1. The minimum atomic E-state index is -0.0162. The highest BCUT2D eigenvalue weighted by atomic mass is 16.5. The number of rotatable bonds is 5. The molecular formula is C23H26N2O2. The lowest BCUT2D eigenvalue weighted by Gasteiger charge is -2.32. The maximum Gasteiger partial charge on any atom is 0.227 e. The van der Waals surface area contributed by atoms with Crippen molar-refractivity contribution < 1.29 is 9.53 Å². The quantitative estimate of drug-likeness (QED) is 0.803. The van der Waals surface area contributed by atoms with Gasteiger partial charge in [-0.1, -0.05) is 19.1 Å². The number of carbonyl (C=O) groups is 1. The molecule has 1 unspecified atom stereocenters. The van der Waals surface area contributed by atoms with Gasteiger partial charge in [-0.05, 0) is 79.5 Å². The third kappa shape index (κ3) is 4.68. The van der Waals surface area contributed by atoms with Crippen LogP contribution in [0.25, 0.3) is 0 Å². The van der Waals surface area contributed by atoms with Crippen molar-refractivity contribution in [2.45, 2.75) is 38.5 Å². The molecule has 0 bridgehead atoms. The van der Waals surface area contributed by atoms with E-state index in [4.69, 9.17) is 10.00 Å². The number of carbonyl (C=O) groups excluding carboxylic acids is 1. The van der Waals surface area contributed by atoms with Gasteiger partial charge in [0.15, 0.2) is 0 Å². The average molecular weight is 362 g/mol. The smallest absolute Gasteiger partial charge is 0.227 e. The van der Waals surface area contributed by atoms with Gasteiger partial charge in [-0.15, -0.1) is 0 Å². The highest BCUT2D eigenvalue weighted by molar-refractivity contribution is 5.92. The molecule has 0 aliphatic heterocycles. The van der Waals surface area contributed by atoms with Gasteiger partial charge in [0.25, 0.3) is 0 Å². The van der Waals surface area contributed by atoms with E-state index in [9.17, 15) is 4.79 Å². The summed E-state index contributed by atoms with van der Waals surface area (Å²) in [6.45, 7) is 2.03. The number of nitriles is 1. The van der Waals surface area contributed by atoms with Crippen LogP contribution >= 0.6 is 0 Å². The number of hydrogen-bond acceptors (Lipinski definition) is 3. The van der Waals surface area contributed by atoms with Gasteiger partial charge >= 0.3 is 0 Å². The van der Waals surface area contributed by atoms with Crippen LogP contribution in [0.15, 0.2) is 48.5 Å². The van der Waals surface area contributed by atoms with Crippen LogP contribution in [0.2, 0.25) is 0 Å². The molecule has 4 nitrogen and oxygen atoms in total. The number of anilines is 1. The molecule has 1 N–H and O–H groups in total. The summed E-state index contributed by atoms with van der Waals surface area (Å²) in [6.07, 6.45) is 4.37. The lowest BCUT2D eigenvalue weighted by molar-refractivity contribution is -0.121. The Kier molecular flexibility index (Phi) is 6.13. The molecule has 1 aliphatic carbocycles. The van der Waals surface area contributed by atoms with Crippen LogP contribution in [0.1, 0.15) is 49.7 Å². The van der Waals surface area contributed by atoms with Crippen molar-refractivity contribution in [3.05, 3.63) is 59.7 Å². The fourth-order valence-electron chi connectivity index (χ4n) is 3.93. The fraction of sp³-hybridized carbons (Fsp3) is 0.391. The van der Waals surface area contributed by atoms with Gasteiger partial charge in [-0.25, -0.2) is 0 Å². The molecule has 27 heavy (non-hydrogen) atoms. The molecule has 140 valence electrons. The molecule has 1 fully saturated rings. The van der Waals surface area contributed by atoms with Crippen LogP contribution in [0.4, 0.5) is 5.69 Å². The number of methoxy groups -OCH3 is 1. The van der Waals surface area contributed by atoms with Crippen LogP contribution in [-0.2, 0) is 4.79 Å². The second-order valence-corrected chi connectivity index (χ2v) is 7.35. The molecule has 3 rings (SSSR count). The van der Waals surface area contributed by atoms with Gasteiger partial charge in [0.05, 0.1) is 18.7 Å². The Bertz CT molecular complexity index is 798. The Hall–Kier alpha value is -2.80. The van der Waals surface area contributed by atoms with E-state index >= 15 is 0 Å². The average Bonchev–Trinajstić information content (AvgIpc) is 2.74. The molecule has 1 aliphatic rings. The largest absolute Gasteiger partial charge is 0.497 e. The van der Waals surface area contributed by atoms with E-state index in [1.165, 1.54) is 5.56 Å². The van der Waals surface area contributed by atoms with Gasteiger partial charge in [-0.3, -0.25) is 4.79 Å². The molecule has 0 radical (unpaired) electrons. The summed E-state index contributed by atoms with van der Waals surface area (Å²) in [7, 11) is 1.69. The standard InChI is InChI=1S/C23H26N2O2/c1-16(23(26)25-21-11-3-17(15-24)4-12-21)18-5-7-19(8-6-18)20-9-13-22(27-2)14-10-20/h3-4,9-14,16,18-19H,5-8H2,1-2H3,(H,25,26)/t16?,18-,19+. The first-order chi connectivity index (χ1) is 13.1. The Balaban J connectivity index is 1.53. The third-order valence-electron chi connectivity index (χ3n) is 5.76. The first kappa shape index (κ1) is 19.0. The molecule has 0 spiro atoms. The topological polar surface area (TPSA) is 62.1 Å². The van der Waals surface area contributed by atoms with Gasteiger partial charge in [0.1, 0.15) is 5.75 Å². The van der Waals surface area contributed by atoms with Crippen molar-refractivity contribution in [1.29, 1.82) is 5.26 Å². The van der Waals surface area contributed by atoms with Crippen molar-refractivity contribution >= 4 is 11.6 Å². The van der Waals surface area contributed by atoms with E-state index < -0.39 is 0 Å². The summed E-state index contributed by atoms with van der Waals surface area (Å²) in [5.41, 5.74) is 2.71. The van der Waals surface area contributed by atoms with Crippen LogP contribution in [0.5, 0.6) is 5.75 Å². The summed E-state index contributed by atoms with van der Waals surface area (Å²) in [4.78, 5) is 12.6. The maximum absolute atomic E-state index is 12.6. The second-order valence-electron chi connectivity index (χ2n) is 7.35. The minimum Gasteiger partial charge on any atom is -0.497 e. The van der Waals surface area contributed by atoms with Crippen molar-refractivity contribution in [1.82, 2.24) is 0 Å². The SMILES string of the molecule is COc1ccc([C@H]2CC[C@@H](C(C)C(=O)Nc3ccc(C#N)cc3)CC2)cc1. The first-order valence-corrected chi connectivity index (χ1v) is 9.55. The molecule has 2 aromatic carbocycles. The van der Waals surface area contributed by atoms with Gasteiger partial charge in [-0.2, -0.15) is 5.26 Å². The van der Waals surface area contributed by atoms with E-state index in [-0.39, 0.29) is 11.8 Å². The normalized spacial score (nSPS) is 20.3. The summed E-state index contributed by atoms with van der Waals surface area (Å²) in [5.74, 6) is 1.92. The van der Waals surface area contributed by atoms with E-state index in [1.54, 1.807) is 31.4 Å². The predicted octanol–water partition coefficient (Wildman–Crippen LogP) is 5.12. The molecule has 1 amide bonds. The summed E-state index contributed by atoms with van der Waals surface area (Å²) >= 11 is 0. The molecule has 2 aromatic rings. The van der Waals surface area contributed by atoms with Crippen LogP contribution in [-0.4, -0.2) is 13.0 Å². The number of nitrogens with zero attached hydrogens (tertiary/aromatic N) is 1. The summed E-state index contributed by atoms with van der Waals surface area (Å²) in [6, 6.07) is 17.5. The van der Waals surface area contributed by atoms with Crippen LogP contribution in [0, 0.1) is 23.2 Å². The predicted molar refractivity (Wildman–Crippen MR) is 107 cm³/mol. The van der Waals surface area contributed by atoms with Gasteiger partial charge in [0.2, 0.25) is 5.91 Å². The molecule has 4 heteroatoms. The Morgan fingerprint density at radius 3 is 2.26 bits per heavy atom. The molecule has 1 atom stereocenters. The number of ether oxygens (including phenoxy) is 1. The van der Waals surface area contributed by atoms with Crippen molar-refractivity contribution in [2.75, 3.05) is 12.4 Å². The van der Waals surface area contributed by atoms with Crippen molar-refractivity contribution in [3.8, 4) is 11.8 Å². The summed E-state index contributed by atoms with van der Waals surface area (Å²) < 4.78 is 5.23. The molecule has 1 saturated carbocycles. The fourth-order valence-corrected chi connectivity index (χ4v) is 3.93. The van der Waals surface area contributed by atoms with E-state index in [1.807, 2.05) is 19.1 Å². The molecule has 0 saturated heterocycles. The van der Waals surface area contributed by atoms with Gasteiger partial charge in [0, 0.05) is 11.6 Å². The Morgan fingerprint density at radius 2 is 1.70 bits per heavy atom. The number of hydrogen-bond donors (Lipinski definition) is 1. The van der Waals surface area contributed by atoms with E-state index in [0.29, 0.717) is 17.4 Å². The Morgan fingerprint density at radius 1 is 1.07 bits per heavy atom. The highest BCUT2D eigenvalue weighted by Crippen LogP contribution is 2.39. The van der Waals surface area contributed by atoms with Crippen LogP contribution in [0.3, 0.4) is 0 Å². The first-order valence-electron chi connectivity index (χ1n) is 9.55. The summed E-state index contributed by atoms with van der Waals surface area (Å²) in [5, 5.41) is 11.8. The van der Waals surface area contributed by atoms with Gasteiger partial charge < -0.3 is 10.1 Å². The van der Waals surface area contributed by atoms with Crippen molar-refractivity contribution in [3.63, 3.8) is 0 Å². The number of nitrogens with one attached hydrogen (secondary N) is 1. The number of benzene rings is 2. The van der Waals surface area contributed by atoms with Crippen molar-refractivity contribution in [2.24, 2.45) is 11.8 Å². The van der Waals surface area contributed by atoms with Crippen LogP contribution < -0.4 is 10.1 Å². The highest BCUT2D eigenvalue weighted by Gasteiger charge is 2.29. The monoisotopic (exact) mass is 362 g/mol. The lowest BCUT2D eigenvalue weighted by atomic mass is 9.74. The zero-order valence-electron chi connectivity index (χ0n) is 15.9. The lowest BCUT2D eigenvalue weighted by Crippen LogP contribution is -2.29. The molecule has 0 aromatic heterocycles.